The number of halogens is 1. The Kier molecular flexibility index (Phi) is 3.86. The molecule has 27 heavy (non-hydrogen) atoms. The molecule has 4 heterocycles. The average molecular weight is 380 g/mol. The van der Waals surface area contributed by atoms with Crippen LogP contribution in [-0.4, -0.2) is 43.5 Å². The Morgan fingerprint density at radius 2 is 1.96 bits per heavy atom. The molecule has 1 amide bonds. The number of benzene rings is 1. The second-order valence-electron chi connectivity index (χ2n) is 6.97. The molecule has 0 radical (unpaired) electrons. The van der Waals surface area contributed by atoms with Crippen molar-refractivity contribution in [2.75, 3.05) is 13.1 Å². The molecule has 1 N–H and O–H groups in total. The Labute approximate surface area is 160 Å². The van der Waals surface area contributed by atoms with E-state index in [2.05, 4.69) is 15.2 Å². The van der Waals surface area contributed by atoms with Crippen molar-refractivity contribution in [3.05, 3.63) is 65.2 Å². The number of aromatic nitrogens is 4. The number of pyridine rings is 1. The van der Waals surface area contributed by atoms with Gasteiger partial charge < -0.3 is 9.88 Å². The van der Waals surface area contributed by atoms with Crippen LogP contribution in [0.5, 0.6) is 0 Å². The number of amides is 1. The van der Waals surface area contributed by atoms with Gasteiger partial charge in [-0.2, -0.15) is 0 Å². The SMILES string of the molecule is O=C(c1cc2ccc(Cl)cc2[nH]1)N1CCC(c2nnc3ccccn23)CC1. The molecule has 0 bridgehead atoms. The van der Waals surface area contributed by atoms with Crippen LogP contribution in [0.2, 0.25) is 5.02 Å². The molecular weight excluding hydrogens is 362 g/mol. The summed E-state index contributed by atoms with van der Waals surface area (Å²) in [7, 11) is 0. The molecule has 0 spiro atoms. The normalized spacial score (nSPS) is 15.7. The van der Waals surface area contributed by atoms with Crippen molar-refractivity contribution in [3.63, 3.8) is 0 Å². The van der Waals surface area contributed by atoms with Gasteiger partial charge in [0.05, 0.1) is 0 Å². The monoisotopic (exact) mass is 379 g/mol. The van der Waals surface area contributed by atoms with E-state index in [-0.39, 0.29) is 5.91 Å². The third-order valence-corrected chi connectivity index (χ3v) is 5.54. The number of carbonyl (C=O) groups excluding carboxylic acids is 1. The van der Waals surface area contributed by atoms with Crippen LogP contribution in [0.15, 0.2) is 48.7 Å². The summed E-state index contributed by atoms with van der Waals surface area (Å²) in [4.78, 5) is 18.0. The zero-order chi connectivity index (χ0) is 18.4. The van der Waals surface area contributed by atoms with Gasteiger partial charge in [0.25, 0.3) is 5.91 Å². The summed E-state index contributed by atoms with van der Waals surface area (Å²) >= 11 is 6.03. The summed E-state index contributed by atoms with van der Waals surface area (Å²) in [6.07, 6.45) is 3.76. The number of H-pyrrole nitrogens is 1. The third-order valence-electron chi connectivity index (χ3n) is 5.30. The number of fused-ring (bicyclic) bond motifs is 2. The minimum atomic E-state index is 0.0341. The molecule has 1 aliphatic heterocycles. The van der Waals surface area contributed by atoms with Crippen LogP contribution < -0.4 is 0 Å². The number of likely N-dealkylation sites (tertiary alicyclic amines) is 1. The van der Waals surface area contributed by atoms with Crippen LogP contribution in [0, 0.1) is 0 Å². The summed E-state index contributed by atoms with van der Waals surface area (Å²) in [6.45, 7) is 1.42. The second-order valence-corrected chi connectivity index (χ2v) is 7.40. The first-order valence-corrected chi connectivity index (χ1v) is 9.44. The fourth-order valence-electron chi connectivity index (χ4n) is 3.86. The fraction of sp³-hybridized carbons (Fsp3) is 0.250. The van der Waals surface area contributed by atoms with Crippen molar-refractivity contribution < 1.29 is 4.79 Å². The number of nitrogens with one attached hydrogen (secondary N) is 1. The van der Waals surface area contributed by atoms with E-state index in [0.29, 0.717) is 29.7 Å². The smallest absolute Gasteiger partial charge is 0.270 e. The lowest BCUT2D eigenvalue weighted by molar-refractivity contribution is 0.0706. The Balaban J connectivity index is 1.32. The summed E-state index contributed by atoms with van der Waals surface area (Å²) in [5, 5.41) is 10.3. The number of rotatable bonds is 2. The molecular formula is C20H18ClN5O. The molecule has 0 aliphatic carbocycles. The average Bonchev–Trinajstić information content (AvgIpc) is 3.31. The van der Waals surface area contributed by atoms with Gasteiger partial charge in [-0.25, -0.2) is 0 Å². The number of nitrogens with zero attached hydrogens (tertiary/aromatic N) is 4. The Morgan fingerprint density at radius 1 is 1.11 bits per heavy atom. The van der Waals surface area contributed by atoms with Gasteiger partial charge in [0.1, 0.15) is 11.5 Å². The molecule has 3 aromatic heterocycles. The molecule has 4 aromatic rings. The second kappa shape index (κ2) is 6.39. The maximum atomic E-state index is 12.9. The molecule has 1 aliphatic rings. The van der Waals surface area contributed by atoms with Crippen LogP contribution in [-0.2, 0) is 0 Å². The summed E-state index contributed by atoms with van der Waals surface area (Å²) in [5.74, 6) is 1.33. The number of hydrogen-bond acceptors (Lipinski definition) is 3. The van der Waals surface area contributed by atoms with Crippen molar-refractivity contribution >= 4 is 34.1 Å². The standard InChI is InChI=1S/C20H18ClN5O/c21-15-5-4-14-11-17(22-16(14)12-15)20(27)25-9-6-13(7-10-25)19-24-23-18-3-1-2-8-26(18)19/h1-5,8,11-13,22H,6-7,9-10H2. The lowest BCUT2D eigenvalue weighted by Crippen LogP contribution is -2.38. The highest BCUT2D eigenvalue weighted by atomic mass is 35.5. The van der Waals surface area contributed by atoms with Crippen LogP contribution in [0.3, 0.4) is 0 Å². The van der Waals surface area contributed by atoms with E-state index in [0.717, 1.165) is 35.2 Å². The summed E-state index contributed by atoms with van der Waals surface area (Å²) in [6, 6.07) is 13.4. The molecule has 136 valence electrons. The molecule has 1 aromatic carbocycles. The van der Waals surface area contributed by atoms with Gasteiger partial charge in [-0.15, -0.1) is 10.2 Å². The largest absolute Gasteiger partial charge is 0.350 e. The zero-order valence-electron chi connectivity index (χ0n) is 14.6. The molecule has 0 unspecified atom stereocenters. The van der Waals surface area contributed by atoms with E-state index < -0.39 is 0 Å². The van der Waals surface area contributed by atoms with E-state index in [1.54, 1.807) is 0 Å². The predicted molar refractivity (Wildman–Crippen MR) is 104 cm³/mol. The lowest BCUT2D eigenvalue weighted by Gasteiger charge is -2.31. The molecule has 6 nitrogen and oxygen atoms in total. The van der Waals surface area contributed by atoms with E-state index in [4.69, 9.17) is 11.6 Å². The number of piperidine rings is 1. The first kappa shape index (κ1) is 16.3. The highest BCUT2D eigenvalue weighted by Gasteiger charge is 2.28. The van der Waals surface area contributed by atoms with Crippen molar-refractivity contribution in [3.8, 4) is 0 Å². The minimum absolute atomic E-state index is 0.0341. The maximum absolute atomic E-state index is 12.9. The number of hydrogen-bond donors (Lipinski definition) is 1. The fourth-order valence-corrected chi connectivity index (χ4v) is 4.04. The Bertz CT molecular complexity index is 1140. The molecule has 0 saturated carbocycles. The van der Waals surface area contributed by atoms with Gasteiger partial charge in [-0.3, -0.25) is 9.20 Å². The third kappa shape index (κ3) is 2.86. The first-order chi connectivity index (χ1) is 13.2. The highest BCUT2D eigenvalue weighted by Crippen LogP contribution is 2.28. The van der Waals surface area contributed by atoms with Crippen molar-refractivity contribution in [2.45, 2.75) is 18.8 Å². The van der Waals surface area contributed by atoms with Crippen LogP contribution >= 0.6 is 11.6 Å². The van der Waals surface area contributed by atoms with Gasteiger partial charge in [-0.05, 0) is 43.2 Å². The van der Waals surface area contributed by atoms with Crippen molar-refractivity contribution in [1.82, 2.24) is 24.5 Å². The van der Waals surface area contributed by atoms with E-state index in [9.17, 15) is 4.79 Å². The predicted octanol–water partition coefficient (Wildman–Crippen LogP) is 3.88. The summed E-state index contributed by atoms with van der Waals surface area (Å²) < 4.78 is 2.05. The Hall–Kier alpha value is -2.86. The lowest BCUT2D eigenvalue weighted by atomic mass is 9.96. The van der Waals surface area contributed by atoms with Crippen LogP contribution in [0.25, 0.3) is 16.6 Å². The highest BCUT2D eigenvalue weighted by molar-refractivity contribution is 6.31. The van der Waals surface area contributed by atoms with E-state index >= 15 is 0 Å². The quantitative estimate of drug-likeness (QED) is 0.574. The topological polar surface area (TPSA) is 66.3 Å². The van der Waals surface area contributed by atoms with Gasteiger partial charge in [0.2, 0.25) is 0 Å². The maximum Gasteiger partial charge on any atom is 0.270 e. The van der Waals surface area contributed by atoms with Crippen molar-refractivity contribution in [2.24, 2.45) is 0 Å². The summed E-state index contributed by atoms with van der Waals surface area (Å²) in [5.41, 5.74) is 2.36. The van der Waals surface area contributed by atoms with Crippen molar-refractivity contribution in [1.29, 1.82) is 0 Å². The Morgan fingerprint density at radius 3 is 2.81 bits per heavy atom. The van der Waals surface area contributed by atoms with Crippen LogP contribution in [0.1, 0.15) is 35.1 Å². The zero-order valence-corrected chi connectivity index (χ0v) is 15.4. The van der Waals surface area contributed by atoms with Gasteiger partial charge in [-0.1, -0.05) is 23.7 Å². The van der Waals surface area contributed by atoms with E-state index in [1.807, 2.05) is 58.0 Å². The number of carbonyl (C=O) groups is 1. The molecule has 1 saturated heterocycles. The molecule has 5 rings (SSSR count). The molecule has 0 atom stereocenters. The van der Waals surface area contributed by atoms with Gasteiger partial charge in [0, 0.05) is 41.1 Å². The van der Waals surface area contributed by atoms with E-state index in [1.165, 1.54) is 0 Å². The molecule has 1 fully saturated rings. The van der Waals surface area contributed by atoms with Gasteiger partial charge in [0.15, 0.2) is 5.65 Å². The first-order valence-electron chi connectivity index (χ1n) is 9.06. The van der Waals surface area contributed by atoms with Gasteiger partial charge >= 0.3 is 0 Å². The minimum Gasteiger partial charge on any atom is -0.350 e. The molecule has 7 heteroatoms. The van der Waals surface area contributed by atoms with Crippen LogP contribution in [0.4, 0.5) is 0 Å². The number of aromatic amines is 1.